The Morgan fingerprint density at radius 3 is 2.65 bits per heavy atom. The Balaban J connectivity index is 2.08. The van der Waals surface area contributed by atoms with E-state index in [2.05, 4.69) is 0 Å². The molecule has 0 radical (unpaired) electrons. The minimum absolute atomic E-state index is 0.0597. The van der Waals surface area contributed by atoms with Crippen LogP contribution < -0.4 is 15.4 Å². The molecule has 23 heavy (non-hydrogen) atoms. The number of hydrogen-bond donors (Lipinski definition) is 1. The molecule has 118 valence electrons. The van der Waals surface area contributed by atoms with Crippen molar-refractivity contribution >= 4 is 17.3 Å². The summed E-state index contributed by atoms with van der Waals surface area (Å²) < 4.78 is 5.54. The molecule has 0 spiro atoms. The van der Waals surface area contributed by atoms with Gasteiger partial charge in [-0.1, -0.05) is 30.3 Å². The van der Waals surface area contributed by atoms with Crippen LogP contribution in [-0.2, 0) is 4.79 Å². The number of benzene rings is 2. The molecule has 0 aromatic heterocycles. The molecule has 1 amide bonds. The predicted octanol–water partition coefficient (Wildman–Crippen LogP) is 2.02. The van der Waals surface area contributed by atoms with E-state index in [1.54, 1.807) is 11.0 Å². The Morgan fingerprint density at radius 2 is 2.00 bits per heavy atom. The molecular weight excluding hydrogens is 298 g/mol. The lowest BCUT2D eigenvalue weighted by molar-refractivity contribution is -0.384. The largest absolute Gasteiger partial charge is 0.490 e. The molecular formula is C16H15N3O4. The van der Waals surface area contributed by atoms with Crippen LogP contribution in [0, 0.1) is 10.1 Å². The van der Waals surface area contributed by atoms with Gasteiger partial charge in [-0.3, -0.25) is 14.9 Å². The van der Waals surface area contributed by atoms with E-state index in [0.717, 1.165) is 5.56 Å². The number of nitrogens with zero attached hydrogens (tertiary/aromatic N) is 2. The molecule has 0 saturated heterocycles. The fourth-order valence-corrected chi connectivity index (χ4v) is 2.74. The molecule has 2 N–H and O–H groups in total. The number of carbonyl (C=O) groups excluding carboxylic acids is 1. The Hall–Kier alpha value is -3.09. The summed E-state index contributed by atoms with van der Waals surface area (Å²) in [6, 6.07) is 12.7. The summed E-state index contributed by atoms with van der Waals surface area (Å²) in [5, 5.41) is 11.0. The second-order valence-corrected chi connectivity index (χ2v) is 5.17. The maximum absolute atomic E-state index is 12.0. The monoisotopic (exact) mass is 313 g/mol. The molecule has 1 unspecified atom stereocenters. The summed E-state index contributed by atoms with van der Waals surface area (Å²) in [5.41, 5.74) is 6.77. The van der Waals surface area contributed by atoms with Crippen LogP contribution in [0.25, 0.3) is 0 Å². The summed E-state index contributed by atoms with van der Waals surface area (Å²) in [6.07, 6.45) is 0. The van der Waals surface area contributed by atoms with Crippen molar-refractivity contribution < 1.29 is 14.5 Å². The number of non-ortho nitro benzene ring substituents is 1. The van der Waals surface area contributed by atoms with E-state index in [4.69, 9.17) is 10.5 Å². The smallest absolute Gasteiger partial charge is 0.271 e. The molecule has 1 aliphatic heterocycles. The topological polar surface area (TPSA) is 98.7 Å². The van der Waals surface area contributed by atoms with E-state index in [-0.39, 0.29) is 5.69 Å². The summed E-state index contributed by atoms with van der Waals surface area (Å²) in [4.78, 5) is 24.3. The number of fused-ring (bicyclic) bond motifs is 1. The van der Waals surface area contributed by atoms with Gasteiger partial charge in [0.25, 0.3) is 5.69 Å². The first-order valence-electron chi connectivity index (χ1n) is 7.10. The highest BCUT2D eigenvalue weighted by molar-refractivity contribution is 5.86. The predicted molar refractivity (Wildman–Crippen MR) is 84.3 cm³/mol. The van der Waals surface area contributed by atoms with E-state index >= 15 is 0 Å². The second kappa shape index (κ2) is 5.96. The molecule has 2 aromatic rings. The van der Waals surface area contributed by atoms with Crippen molar-refractivity contribution in [2.45, 2.75) is 6.04 Å². The minimum Gasteiger partial charge on any atom is -0.490 e. The number of ether oxygens (including phenoxy) is 1. The molecule has 2 aromatic carbocycles. The third-order valence-corrected chi connectivity index (χ3v) is 3.75. The zero-order valence-corrected chi connectivity index (χ0v) is 12.2. The molecule has 0 saturated carbocycles. The number of carbonyl (C=O) groups is 1. The Kier molecular flexibility index (Phi) is 3.84. The molecule has 1 heterocycles. The maximum Gasteiger partial charge on any atom is 0.271 e. The highest BCUT2D eigenvalue weighted by Gasteiger charge is 2.31. The third kappa shape index (κ3) is 2.80. The lowest BCUT2D eigenvalue weighted by atomic mass is 10.0. The van der Waals surface area contributed by atoms with E-state index in [1.807, 2.05) is 30.3 Å². The first-order valence-corrected chi connectivity index (χ1v) is 7.10. The van der Waals surface area contributed by atoms with Gasteiger partial charge < -0.3 is 15.4 Å². The van der Waals surface area contributed by atoms with Crippen LogP contribution in [0.15, 0.2) is 48.5 Å². The number of hydrogen-bond acceptors (Lipinski definition) is 5. The van der Waals surface area contributed by atoms with Gasteiger partial charge in [-0.2, -0.15) is 0 Å². The van der Waals surface area contributed by atoms with E-state index in [1.165, 1.54) is 12.1 Å². The van der Waals surface area contributed by atoms with Crippen molar-refractivity contribution in [2.75, 3.05) is 18.1 Å². The second-order valence-electron chi connectivity index (χ2n) is 5.17. The number of nitro benzene ring substituents is 1. The summed E-state index contributed by atoms with van der Waals surface area (Å²) in [5.74, 6) is -0.0143. The van der Waals surface area contributed by atoms with Crippen molar-refractivity contribution in [1.29, 1.82) is 0 Å². The van der Waals surface area contributed by atoms with Gasteiger partial charge in [0.1, 0.15) is 18.4 Å². The van der Waals surface area contributed by atoms with Gasteiger partial charge in [0.2, 0.25) is 5.91 Å². The van der Waals surface area contributed by atoms with Crippen molar-refractivity contribution in [2.24, 2.45) is 5.73 Å². The van der Waals surface area contributed by atoms with E-state index < -0.39 is 16.9 Å². The number of nitro groups is 1. The Labute approximate surface area is 132 Å². The average molecular weight is 313 g/mol. The van der Waals surface area contributed by atoms with Crippen molar-refractivity contribution in [1.82, 2.24) is 0 Å². The lowest BCUT2D eigenvalue weighted by Gasteiger charge is -2.36. The fourth-order valence-electron chi connectivity index (χ4n) is 2.74. The molecule has 1 atom stereocenters. The van der Waals surface area contributed by atoms with E-state index in [0.29, 0.717) is 24.6 Å². The number of primary amides is 1. The van der Waals surface area contributed by atoms with E-state index in [9.17, 15) is 14.9 Å². The van der Waals surface area contributed by atoms with Crippen molar-refractivity contribution in [3.63, 3.8) is 0 Å². The number of anilines is 1. The lowest BCUT2D eigenvalue weighted by Crippen LogP contribution is -2.42. The van der Waals surface area contributed by atoms with Crippen LogP contribution in [-0.4, -0.2) is 24.0 Å². The number of amides is 1. The maximum atomic E-state index is 12.0. The van der Waals surface area contributed by atoms with Gasteiger partial charge in [-0.25, -0.2) is 0 Å². The van der Waals surface area contributed by atoms with Gasteiger partial charge in [0, 0.05) is 12.1 Å². The summed E-state index contributed by atoms with van der Waals surface area (Å²) in [6.45, 7) is 0.790. The minimum atomic E-state index is -0.708. The molecule has 0 fully saturated rings. The summed E-state index contributed by atoms with van der Waals surface area (Å²) >= 11 is 0. The van der Waals surface area contributed by atoms with Crippen LogP contribution >= 0.6 is 0 Å². The highest BCUT2D eigenvalue weighted by Crippen LogP contribution is 2.39. The molecule has 1 aliphatic rings. The highest BCUT2D eigenvalue weighted by atomic mass is 16.6. The quantitative estimate of drug-likeness (QED) is 0.687. The van der Waals surface area contributed by atoms with Gasteiger partial charge in [-0.05, 0) is 11.6 Å². The van der Waals surface area contributed by atoms with Gasteiger partial charge >= 0.3 is 0 Å². The first kappa shape index (κ1) is 14.8. The fraction of sp³-hybridized carbons (Fsp3) is 0.188. The van der Waals surface area contributed by atoms with Crippen molar-refractivity contribution in [3.05, 3.63) is 64.2 Å². The third-order valence-electron chi connectivity index (χ3n) is 3.75. The Morgan fingerprint density at radius 1 is 1.26 bits per heavy atom. The number of rotatable bonds is 4. The van der Waals surface area contributed by atoms with Crippen molar-refractivity contribution in [3.8, 4) is 5.75 Å². The molecule has 7 heteroatoms. The molecule has 0 aliphatic carbocycles. The zero-order chi connectivity index (χ0) is 16.4. The number of nitrogens with two attached hydrogens (primary N) is 1. The first-order chi connectivity index (χ1) is 11.1. The van der Waals surface area contributed by atoms with Gasteiger partial charge in [0.05, 0.1) is 17.2 Å². The van der Waals surface area contributed by atoms with Crippen LogP contribution in [0.5, 0.6) is 5.75 Å². The SMILES string of the molecule is NC(=O)C(c1ccccc1)N1CCOc2ccc([N+](=O)[O-])cc21. The normalized spacial score (nSPS) is 14.5. The summed E-state index contributed by atoms with van der Waals surface area (Å²) in [7, 11) is 0. The standard InChI is InChI=1S/C16H15N3O4/c17-16(20)15(11-4-2-1-3-5-11)18-8-9-23-14-7-6-12(19(21)22)10-13(14)18/h1-7,10,15H,8-9H2,(H2,17,20). The zero-order valence-electron chi connectivity index (χ0n) is 12.2. The molecule has 0 bridgehead atoms. The Bertz CT molecular complexity index is 748. The van der Waals surface area contributed by atoms with Gasteiger partial charge in [-0.15, -0.1) is 0 Å². The van der Waals surface area contributed by atoms with Crippen LogP contribution in [0.2, 0.25) is 0 Å². The van der Waals surface area contributed by atoms with Gasteiger partial charge in [0.15, 0.2) is 0 Å². The van der Waals surface area contributed by atoms with Crippen LogP contribution in [0.1, 0.15) is 11.6 Å². The molecule has 3 rings (SSSR count). The van der Waals surface area contributed by atoms with Crippen LogP contribution in [0.4, 0.5) is 11.4 Å². The molecule has 7 nitrogen and oxygen atoms in total. The average Bonchev–Trinajstić information content (AvgIpc) is 2.55. The van der Waals surface area contributed by atoms with Crippen LogP contribution in [0.3, 0.4) is 0 Å².